The van der Waals surface area contributed by atoms with Gasteiger partial charge in [-0.25, -0.2) is 14.5 Å². The third kappa shape index (κ3) is 3.87. The topological polar surface area (TPSA) is 95.6 Å². The highest BCUT2D eigenvalue weighted by Crippen LogP contribution is 2.19. The molecule has 0 aliphatic rings. The second kappa shape index (κ2) is 7.98. The molecule has 0 atom stereocenters. The molecule has 1 aromatic carbocycles. The van der Waals surface area contributed by atoms with Crippen LogP contribution >= 0.6 is 0 Å². The summed E-state index contributed by atoms with van der Waals surface area (Å²) in [5.41, 5.74) is 3.30. The van der Waals surface area contributed by atoms with Gasteiger partial charge in [0, 0.05) is 12.3 Å². The molecular formula is C23H20N4O4. The van der Waals surface area contributed by atoms with Crippen LogP contribution in [0.5, 0.6) is 0 Å². The quantitative estimate of drug-likeness (QED) is 0.282. The van der Waals surface area contributed by atoms with Gasteiger partial charge in [-0.2, -0.15) is 5.10 Å². The number of ether oxygens (including phenoxy) is 1. The van der Waals surface area contributed by atoms with Crippen LogP contribution in [0.3, 0.4) is 0 Å². The Morgan fingerprint density at radius 2 is 1.77 bits per heavy atom. The van der Waals surface area contributed by atoms with Crippen molar-refractivity contribution in [2.45, 2.75) is 27.4 Å². The van der Waals surface area contributed by atoms with Crippen molar-refractivity contribution in [3.8, 4) is 5.69 Å². The fourth-order valence-corrected chi connectivity index (χ4v) is 3.43. The number of hydrogen-bond donors (Lipinski definition) is 0. The van der Waals surface area contributed by atoms with Crippen molar-refractivity contribution in [3.63, 3.8) is 0 Å². The summed E-state index contributed by atoms with van der Waals surface area (Å²) in [5, 5.41) is 4.39. The molecule has 0 saturated heterocycles. The van der Waals surface area contributed by atoms with Gasteiger partial charge in [0.05, 0.1) is 28.3 Å². The summed E-state index contributed by atoms with van der Waals surface area (Å²) in [6.45, 7) is 4.98. The van der Waals surface area contributed by atoms with Gasteiger partial charge < -0.3 is 4.74 Å². The Morgan fingerprint density at radius 3 is 2.52 bits per heavy atom. The molecule has 0 radical (unpaired) electrons. The highest BCUT2D eigenvalue weighted by Gasteiger charge is 2.26. The maximum absolute atomic E-state index is 12.8. The summed E-state index contributed by atoms with van der Waals surface area (Å²) < 4.78 is 8.19. The molecule has 0 fully saturated rings. The van der Waals surface area contributed by atoms with E-state index in [0.29, 0.717) is 17.0 Å². The average Bonchev–Trinajstić information content (AvgIpc) is 3.06. The fourth-order valence-electron chi connectivity index (χ4n) is 3.43. The van der Waals surface area contributed by atoms with E-state index in [1.165, 1.54) is 10.5 Å². The van der Waals surface area contributed by atoms with Gasteiger partial charge in [-0.3, -0.25) is 14.0 Å². The second-order valence-electron chi connectivity index (χ2n) is 7.22. The van der Waals surface area contributed by atoms with E-state index in [-0.39, 0.29) is 23.4 Å². The highest BCUT2D eigenvalue weighted by molar-refractivity contribution is 6.41. The fraction of sp³-hybridized carbons (Fsp3) is 0.174. The number of carbonyl (C=O) groups is 2. The normalized spacial score (nSPS) is 10.9. The van der Waals surface area contributed by atoms with Crippen LogP contribution in [0.25, 0.3) is 11.3 Å². The van der Waals surface area contributed by atoms with Crippen molar-refractivity contribution in [2.75, 3.05) is 0 Å². The van der Waals surface area contributed by atoms with Crippen LogP contribution in [0.15, 0.2) is 59.5 Å². The Morgan fingerprint density at radius 1 is 1.03 bits per heavy atom. The number of carbonyl (C=O) groups excluding carboxylic acids is 2. The number of esters is 1. The van der Waals surface area contributed by atoms with Crippen molar-refractivity contribution in [1.82, 2.24) is 19.2 Å². The lowest BCUT2D eigenvalue weighted by atomic mass is 10.1. The van der Waals surface area contributed by atoms with E-state index in [1.54, 1.807) is 30.8 Å². The van der Waals surface area contributed by atoms with Crippen molar-refractivity contribution >= 4 is 17.4 Å². The van der Waals surface area contributed by atoms with Gasteiger partial charge in [0.2, 0.25) is 0 Å². The monoisotopic (exact) mass is 416 g/mol. The molecule has 3 heterocycles. The number of nitrogens with zero attached hydrogens (tertiary/aromatic N) is 4. The molecule has 0 aliphatic heterocycles. The predicted octanol–water partition coefficient (Wildman–Crippen LogP) is 2.73. The molecule has 0 spiro atoms. The van der Waals surface area contributed by atoms with Crippen LogP contribution < -0.4 is 5.56 Å². The van der Waals surface area contributed by atoms with E-state index in [2.05, 4.69) is 10.1 Å². The number of rotatable bonds is 5. The molecule has 4 rings (SSSR count). The average molecular weight is 416 g/mol. The number of benzene rings is 1. The molecule has 156 valence electrons. The first kappa shape index (κ1) is 20.2. The second-order valence-corrected chi connectivity index (χ2v) is 7.22. The van der Waals surface area contributed by atoms with Crippen LogP contribution in [0.4, 0.5) is 0 Å². The van der Waals surface area contributed by atoms with Crippen molar-refractivity contribution in [1.29, 1.82) is 0 Å². The molecule has 0 N–H and O–H groups in total. The predicted molar refractivity (Wildman–Crippen MR) is 113 cm³/mol. The van der Waals surface area contributed by atoms with Crippen LogP contribution in [0.2, 0.25) is 0 Å². The highest BCUT2D eigenvalue weighted by atomic mass is 16.5. The molecule has 8 heteroatoms. The Hall–Kier alpha value is -4.07. The van der Waals surface area contributed by atoms with E-state index in [4.69, 9.17) is 4.74 Å². The van der Waals surface area contributed by atoms with Crippen molar-refractivity contribution < 1.29 is 14.3 Å². The van der Waals surface area contributed by atoms with E-state index in [9.17, 15) is 14.4 Å². The maximum Gasteiger partial charge on any atom is 0.380 e. The molecule has 0 bridgehead atoms. The molecular weight excluding hydrogens is 396 g/mol. The first-order valence-electron chi connectivity index (χ1n) is 9.67. The summed E-state index contributed by atoms with van der Waals surface area (Å²) in [7, 11) is 0. The Balaban J connectivity index is 1.54. The zero-order valence-corrected chi connectivity index (χ0v) is 17.3. The van der Waals surface area contributed by atoms with Crippen LogP contribution in [0, 0.1) is 20.8 Å². The van der Waals surface area contributed by atoms with Crippen LogP contribution in [0.1, 0.15) is 33.0 Å². The van der Waals surface area contributed by atoms with Crippen LogP contribution in [-0.4, -0.2) is 30.9 Å². The van der Waals surface area contributed by atoms with Gasteiger partial charge in [0.1, 0.15) is 12.3 Å². The number of ketones is 1. The van der Waals surface area contributed by atoms with Gasteiger partial charge >= 0.3 is 5.97 Å². The smallest absolute Gasteiger partial charge is 0.380 e. The minimum absolute atomic E-state index is 0.205. The summed E-state index contributed by atoms with van der Waals surface area (Å²) in [5.74, 6) is -1.81. The third-order valence-electron chi connectivity index (χ3n) is 4.92. The van der Waals surface area contributed by atoms with E-state index >= 15 is 0 Å². The van der Waals surface area contributed by atoms with E-state index < -0.39 is 11.8 Å². The number of para-hydroxylation sites is 1. The SMILES string of the molecule is Cc1ccc2nc(COC(=O)C(=O)c3c(C)nn(-c4ccccc4)c3C)cc(=O)n2c1. The molecule has 8 nitrogen and oxygen atoms in total. The zero-order valence-electron chi connectivity index (χ0n) is 17.3. The largest absolute Gasteiger partial charge is 0.453 e. The zero-order chi connectivity index (χ0) is 22.1. The molecule has 0 amide bonds. The van der Waals surface area contributed by atoms with Crippen LogP contribution in [-0.2, 0) is 16.1 Å². The van der Waals surface area contributed by atoms with Crippen molar-refractivity contribution in [3.05, 3.63) is 93.3 Å². The molecule has 31 heavy (non-hydrogen) atoms. The van der Waals surface area contributed by atoms with Gasteiger partial charge in [0.15, 0.2) is 0 Å². The third-order valence-corrected chi connectivity index (χ3v) is 4.92. The van der Waals surface area contributed by atoms with Gasteiger partial charge in [-0.15, -0.1) is 0 Å². The summed E-state index contributed by atoms with van der Waals surface area (Å²) in [4.78, 5) is 41.8. The Kier molecular flexibility index (Phi) is 5.21. The number of pyridine rings is 1. The minimum Gasteiger partial charge on any atom is -0.453 e. The minimum atomic E-state index is -1.02. The molecule has 0 aliphatic carbocycles. The first-order chi connectivity index (χ1) is 14.8. The van der Waals surface area contributed by atoms with Crippen molar-refractivity contribution in [2.24, 2.45) is 0 Å². The number of aryl methyl sites for hydroxylation is 2. The number of fused-ring (bicyclic) bond motifs is 1. The molecule has 0 saturated carbocycles. The molecule has 3 aromatic heterocycles. The summed E-state index contributed by atoms with van der Waals surface area (Å²) in [6, 6.07) is 14.1. The number of aromatic nitrogens is 4. The molecule has 0 unspecified atom stereocenters. The van der Waals surface area contributed by atoms with Gasteiger partial charge in [0.25, 0.3) is 11.3 Å². The van der Waals surface area contributed by atoms with E-state index in [1.807, 2.05) is 43.3 Å². The van der Waals surface area contributed by atoms with E-state index in [0.717, 1.165) is 11.3 Å². The molecule has 4 aromatic rings. The number of hydrogen-bond acceptors (Lipinski definition) is 6. The van der Waals surface area contributed by atoms with Gasteiger partial charge in [-0.1, -0.05) is 24.3 Å². The summed E-state index contributed by atoms with van der Waals surface area (Å²) in [6.07, 6.45) is 1.68. The lowest BCUT2D eigenvalue weighted by Crippen LogP contribution is -2.21. The lowest BCUT2D eigenvalue weighted by molar-refractivity contribution is -0.139. The first-order valence-corrected chi connectivity index (χ1v) is 9.67. The number of Topliss-reactive ketones (excluding diaryl/α,β-unsaturated/α-hetero) is 1. The Bertz CT molecular complexity index is 1370. The maximum atomic E-state index is 12.8. The van der Waals surface area contributed by atoms with Gasteiger partial charge in [-0.05, 0) is 44.5 Å². The standard InChI is InChI=1S/C23H20N4O4/c1-14-9-10-19-24-17(11-20(28)26(19)12-14)13-31-23(30)22(29)21-15(2)25-27(16(21)3)18-7-5-4-6-8-18/h4-12H,13H2,1-3H3. The Labute approximate surface area is 177 Å². The summed E-state index contributed by atoms with van der Waals surface area (Å²) >= 11 is 0. The lowest BCUT2D eigenvalue weighted by Gasteiger charge is -2.07.